The highest BCUT2D eigenvalue weighted by Crippen LogP contribution is 2.16. The highest BCUT2D eigenvalue weighted by Gasteiger charge is 2.15. The summed E-state index contributed by atoms with van der Waals surface area (Å²) in [5.41, 5.74) is 0. The Morgan fingerprint density at radius 3 is 2.33 bits per heavy atom. The predicted octanol–water partition coefficient (Wildman–Crippen LogP) is 2.16. The Morgan fingerprint density at radius 1 is 1.19 bits per heavy atom. The van der Waals surface area contributed by atoms with Gasteiger partial charge in [0.15, 0.2) is 0 Å². The SMILES string of the molecule is CCC(CC)CNS(=O)(=O)c1ccc(OCCCO)cc1. The number of nitrogens with one attached hydrogen (secondary N) is 1. The highest BCUT2D eigenvalue weighted by molar-refractivity contribution is 7.89. The van der Waals surface area contributed by atoms with Gasteiger partial charge >= 0.3 is 0 Å². The molecule has 0 saturated heterocycles. The third-order valence-electron chi connectivity index (χ3n) is 3.42. The van der Waals surface area contributed by atoms with Crippen molar-refractivity contribution in [1.82, 2.24) is 4.72 Å². The molecule has 0 aliphatic heterocycles. The second kappa shape index (κ2) is 9.02. The summed E-state index contributed by atoms with van der Waals surface area (Å²) in [6.45, 7) is 5.06. The van der Waals surface area contributed by atoms with Crippen molar-refractivity contribution >= 4 is 10.0 Å². The topological polar surface area (TPSA) is 75.6 Å². The van der Waals surface area contributed by atoms with E-state index in [0.29, 0.717) is 31.2 Å². The lowest BCUT2D eigenvalue weighted by atomic mass is 10.0. The van der Waals surface area contributed by atoms with Crippen LogP contribution in [0.3, 0.4) is 0 Å². The van der Waals surface area contributed by atoms with Gasteiger partial charge in [0.05, 0.1) is 11.5 Å². The third kappa shape index (κ3) is 6.03. The molecule has 0 bridgehead atoms. The van der Waals surface area contributed by atoms with Crippen molar-refractivity contribution in [3.05, 3.63) is 24.3 Å². The van der Waals surface area contributed by atoms with Crippen molar-refractivity contribution in [2.75, 3.05) is 19.8 Å². The second-order valence-electron chi connectivity index (χ2n) is 4.93. The van der Waals surface area contributed by atoms with Crippen LogP contribution in [0.1, 0.15) is 33.1 Å². The van der Waals surface area contributed by atoms with Crippen molar-refractivity contribution in [3.63, 3.8) is 0 Å². The normalized spacial score (nSPS) is 11.8. The van der Waals surface area contributed by atoms with E-state index in [1.165, 1.54) is 12.1 Å². The molecule has 0 fully saturated rings. The molecule has 2 N–H and O–H groups in total. The zero-order valence-electron chi connectivity index (χ0n) is 12.7. The van der Waals surface area contributed by atoms with E-state index in [2.05, 4.69) is 18.6 Å². The third-order valence-corrected chi connectivity index (χ3v) is 4.86. The van der Waals surface area contributed by atoms with E-state index in [1.807, 2.05) is 0 Å². The second-order valence-corrected chi connectivity index (χ2v) is 6.70. The number of aliphatic hydroxyl groups excluding tert-OH is 1. The Hall–Kier alpha value is -1.11. The summed E-state index contributed by atoms with van der Waals surface area (Å²) >= 11 is 0. The van der Waals surface area contributed by atoms with Gasteiger partial charge in [-0.3, -0.25) is 0 Å². The van der Waals surface area contributed by atoms with Gasteiger partial charge in [-0.1, -0.05) is 26.7 Å². The van der Waals surface area contributed by atoms with Gasteiger partial charge in [0, 0.05) is 19.6 Å². The first-order chi connectivity index (χ1) is 10.0. The van der Waals surface area contributed by atoms with E-state index in [9.17, 15) is 8.42 Å². The van der Waals surface area contributed by atoms with Crippen molar-refractivity contribution in [2.24, 2.45) is 5.92 Å². The lowest BCUT2D eigenvalue weighted by Crippen LogP contribution is -2.29. The van der Waals surface area contributed by atoms with Crippen LogP contribution in [0, 0.1) is 5.92 Å². The minimum absolute atomic E-state index is 0.0758. The molecule has 6 heteroatoms. The monoisotopic (exact) mass is 315 g/mol. The van der Waals surface area contributed by atoms with Gasteiger partial charge in [0.1, 0.15) is 5.75 Å². The van der Waals surface area contributed by atoms with Gasteiger partial charge in [-0.05, 0) is 30.2 Å². The molecule has 0 heterocycles. The van der Waals surface area contributed by atoms with Crippen LogP contribution in [0.4, 0.5) is 0 Å². The molecule has 0 aromatic heterocycles. The lowest BCUT2D eigenvalue weighted by molar-refractivity contribution is 0.233. The minimum atomic E-state index is -3.46. The molecule has 0 saturated carbocycles. The first-order valence-corrected chi connectivity index (χ1v) is 8.85. The first-order valence-electron chi connectivity index (χ1n) is 7.36. The maximum atomic E-state index is 12.2. The number of benzene rings is 1. The maximum absolute atomic E-state index is 12.2. The molecule has 5 nitrogen and oxygen atoms in total. The van der Waals surface area contributed by atoms with E-state index in [0.717, 1.165) is 12.8 Å². The Kier molecular flexibility index (Phi) is 7.71. The first kappa shape index (κ1) is 17.9. The Balaban J connectivity index is 2.62. The Labute approximate surface area is 127 Å². The van der Waals surface area contributed by atoms with Gasteiger partial charge < -0.3 is 9.84 Å². The number of ether oxygens (including phenoxy) is 1. The molecular formula is C15H25NO4S. The predicted molar refractivity (Wildman–Crippen MR) is 82.9 cm³/mol. The molecule has 0 aliphatic carbocycles. The van der Waals surface area contributed by atoms with Crippen LogP contribution >= 0.6 is 0 Å². The molecule has 1 aromatic rings. The van der Waals surface area contributed by atoms with Gasteiger partial charge in [0.25, 0.3) is 0 Å². The van der Waals surface area contributed by atoms with Crippen LogP contribution in [0.25, 0.3) is 0 Å². The number of hydrogen-bond acceptors (Lipinski definition) is 4. The number of rotatable bonds is 10. The Morgan fingerprint density at radius 2 is 1.81 bits per heavy atom. The largest absolute Gasteiger partial charge is 0.494 e. The molecule has 21 heavy (non-hydrogen) atoms. The van der Waals surface area contributed by atoms with Crippen molar-refractivity contribution in [3.8, 4) is 5.75 Å². The number of hydrogen-bond donors (Lipinski definition) is 2. The molecular weight excluding hydrogens is 290 g/mol. The summed E-state index contributed by atoms with van der Waals surface area (Å²) in [5.74, 6) is 0.961. The van der Waals surface area contributed by atoms with E-state index in [1.54, 1.807) is 12.1 Å². The zero-order chi connectivity index (χ0) is 15.7. The van der Waals surface area contributed by atoms with Crippen LogP contribution < -0.4 is 9.46 Å². The van der Waals surface area contributed by atoms with Crippen molar-refractivity contribution < 1.29 is 18.3 Å². The van der Waals surface area contributed by atoms with Gasteiger partial charge in [0.2, 0.25) is 10.0 Å². The van der Waals surface area contributed by atoms with Crippen molar-refractivity contribution in [1.29, 1.82) is 0 Å². The zero-order valence-corrected chi connectivity index (χ0v) is 13.5. The van der Waals surface area contributed by atoms with E-state index < -0.39 is 10.0 Å². The summed E-state index contributed by atoms with van der Waals surface area (Å²) in [7, 11) is -3.46. The molecule has 1 aromatic carbocycles. The lowest BCUT2D eigenvalue weighted by Gasteiger charge is -2.14. The van der Waals surface area contributed by atoms with Crippen LogP contribution in [0.2, 0.25) is 0 Å². The van der Waals surface area contributed by atoms with E-state index in [4.69, 9.17) is 9.84 Å². The Bertz CT molecular complexity index is 495. The summed E-state index contributed by atoms with van der Waals surface area (Å²) in [5, 5.41) is 8.67. The minimum Gasteiger partial charge on any atom is -0.494 e. The quantitative estimate of drug-likeness (QED) is 0.649. The van der Waals surface area contributed by atoms with Crippen LogP contribution in [0.15, 0.2) is 29.2 Å². The van der Waals surface area contributed by atoms with Gasteiger partial charge in [-0.15, -0.1) is 0 Å². The molecule has 120 valence electrons. The van der Waals surface area contributed by atoms with Crippen LogP contribution in [-0.4, -0.2) is 33.3 Å². The van der Waals surface area contributed by atoms with Gasteiger partial charge in [-0.25, -0.2) is 13.1 Å². The fourth-order valence-electron chi connectivity index (χ4n) is 1.86. The number of sulfonamides is 1. The smallest absolute Gasteiger partial charge is 0.240 e. The molecule has 0 atom stereocenters. The average Bonchev–Trinajstić information content (AvgIpc) is 2.49. The maximum Gasteiger partial charge on any atom is 0.240 e. The van der Waals surface area contributed by atoms with Crippen molar-refractivity contribution in [2.45, 2.75) is 38.0 Å². The molecule has 0 radical (unpaired) electrons. The summed E-state index contributed by atoms with van der Waals surface area (Å²) in [6.07, 6.45) is 2.46. The van der Waals surface area contributed by atoms with E-state index >= 15 is 0 Å². The highest BCUT2D eigenvalue weighted by atomic mass is 32.2. The summed E-state index contributed by atoms with van der Waals surface area (Å²) < 4.78 is 32.3. The summed E-state index contributed by atoms with van der Waals surface area (Å²) in [6, 6.07) is 6.32. The average molecular weight is 315 g/mol. The fourth-order valence-corrected chi connectivity index (χ4v) is 2.97. The molecule has 1 rings (SSSR count). The standard InChI is InChI=1S/C15H25NO4S/c1-3-13(4-2)12-16-21(18,19)15-8-6-14(7-9-15)20-11-5-10-17/h6-9,13,16-17H,3-5,10-12H2,1-2H3. The fraction of sp³-hybridized carbons (Fsp3) is 0.600. The van der Waals surface area contributed by atoms with Gasteiger partial charge in [-0.2, -0.15) is 0 Å². The molecule has 0 spiro atoms. The van der Waals surface area contributed by atoms with Crippen LogP contribution in [-0.2, 0) is 10.0 Å². The van der Waals surface area contributed by atoms with Crippen LogP contribution in [0.5, 0.6) is 5.75 Å². The van der Waals surface area contributed by atoms with E-state index in [-0.39, 0.29) is 11.5 Å². The molecule has 0 aliphatic rings. The number of aliphatic hydroxyl groups is 1. The molecule has 0 unspecified atom stereocenters. The summed E-state index contributed by atoms with van der Waals surface area (Å²) in [4.78, 5) is 0.239. The molecule has 0 amide bonds.